The molecule has 0 aliphatic carbocycles. The lowest BCUT2D eigenvalue weighted by Gasteiger charge is -2.01. The van der Waals surface area contributed by atoms with Crippen molar-refractivity contribution in [2.45, 2.75) is 5.16 Å². The number of rotatable bonds is 5. The molecule has 3 aromatic rings. The van der Waals surface area contributed by atoms with Gasteiger partial charge in [-0.05, 0) is 40.2 Å². The average molecular weight is 384 g/mol. The summed E-state index contributed by atoms with van der Waals surface area (Å²) in [6.07, 6.45) is 1.59. The molecule has 0 amide bonds. The van der Waals surface area contributed by atoms with Gasteiger partial charge in [0.1, 0.15) is 0 Å². The molecule has 0 spiro atoms. The van der Waals surface area contributed by atoms with Crippen molar-refractivity contribution in [2.75, 3.05) is 5.75 Å². The summed E-state index contributed by atoms with van der Waals surface area (Å²) in [6.45, 7) is 0. The van der Waals surface area contributed by atoms with Gasteiger partial charge in [0.2, 0.25) is 0 Å². The van der Waals surface area contributed by atoms with Crippen LogP contribution in [0, 0.1) is 0 Å². The SMILES string of the molecule is Cn1c(SCC(=O)c2ccc(Br)s2)nnc1-c1ccco1. The molecule has 5 nitrogen and oxygen atoms in total. The maximum absolute atomic E-state index is 12.1. The first-order valence-electron chi connectivity index (χ1n) is 6.00. The molecule has 0 aliphatic heterocycles. The number of nitrogens with zero attached hydrogens (tertiary/aromatic N) is 3. The minimum atomic E-state index is 0.0817. The second kappa shape index (κ2) is 6.17. The van der Waals surface area contributed by atoms with Crippen molar-refractivity contribution in [2.24, 2.45) is 7.05 Å². The molecule has 0 N–H and O–H groups in total. The molecule has 0 unspecified atom stereocenters. The molecule has 0 bridgehead atoms. The summed E-state index contributed by atoms with van der Waals surface area (Å²) in [5, 5.41) is 8.88. The van der Waals surface area contributed by atoms with Gasteiger partial charge in [0.25, 0.3) is 0 Å². The van der Waals surface area contributed by atoms with Crippen LogP contribution in [-0.4, -0.2) is 26.3 Å². The van der Waals surface area contributed by atoms with Gasteiger partial charge in [0.15, 0.2) is 22.5 Å². The third kappa shape index (κ3) is 3.12. The van der Waals surface area contributed by atoms with Crippen LogP contribution in [0.2, 0.25) is 0 Å². The van der Waals surface area contributed by atoms with Gasteiger partial charge in [-0.1, -0.05) is 11.8 Å². The minimum Gasteiger partial charge on any atom is -0.461 e. The van der Waals surface area contributed by atoms with Crippen molar-refractivity contribution < 1.29 is 9.21 Å². The Bertz CT molecular complexity index is 764. The fraction of sp³-hybridized carbons (Fsp3) is 0.154. The summed E-state index contributed by atoms with van der Waals surface area (Å²) in [6, 6.07) is 7.32. The second-order valence-electron chi connectivity index (χ2n) is 4.16. The maximum Gasteiger partial charge on any atom is 0.200 e. The lowest BCUT2D eigenvalue weighted by atomic mass is 10.4. The Morgan fingerprint density at radius 3 is 2.95 bits per heavy atom. The van der Waals surface area contributed by atoms with E-state index >= 15 is 0 Å². The molecule has 0 saturated heterocycles. The molecule has 8 heteroatoms. The Morgan fingerprint density at radius 1 is 1.43 bits per heavy atom. The first-order chi connectivity index (χ1) is 10.1. The topological polar surface area (TPSA) is 60.9 Å². The number of carbonyl (C=O) groups excluding carboxylic acids is 1. The highest BCUT2D eigenvalue weighted by molar-refractivity contribution is 9.11. The molecule has 3 rings (SSSR count). The monoisotopic (exact) mass is 383 g/mol. The van der Waals surface area contributed by atoms with Crippen molar-refractivity contribution in [3.8, 4) is 11.6 Å². The third-order valence-electron chi connectivity index (χ3n) is 2.76. The van der Waals surface area contributed by atoms with Gasteiger partial charge in [-0.2, -0.15) is 0 Å². The Kier molecular flexibility index (Phi) is 4.27. The van der Waals surface area contributed by atoms with Gasteiger partial charge in [-0.3, -0.25) is 4.79 Å². The first-order valence-corrected chi connectivity index (χ1v) is 8.59. The van der Waals surface area contributed by atoms with Crippen molar-refractivity contribution in [1.82, 2.24) is 14.8 Å². The smallest absolute Gasteiger partial charge is 0.200 e. The standard InChI is InChI=1S/C13H10BrN3O2S2/c1-17-12(9-3-2-6-19-9)15-16-13(17)20-7-8(18)10-4-5-11(14)21-10/h2-6H,7H2,1H3. The van der Waals surface area contributed by atoms with E-state index in [1.165, 1.54) is 23.1 Å². The van der Waals surface area contributed by atoms with Crippen molar-refractivity contribution in [3.63, 3.8) is 0 Å². The number of ketones is 1. The highest BCUT2D eigenvalue weighted by Crippen LogP contribution is 2.26. The van der Waals surface area contributed by atoms with Crippen LogP contribution in [0.1, 0.15) is 9.67 Å². The van der Waals surface area contributed by atoms with E-state index in [0.29, 0.717) is 22.5 Å². The molecule has 0 aliphatic rings. The molecule has 0 atom stereocenters. The molecule has 3 aromatic heterocycles. The number of aromatic nitrogens is 3. The zero-order valence-electron chi connectivity index (χ0n) is 10.9. The summed E-state index contributed by atoms with van der Waals surface area (Å²) in [7, 11) is 1.85. The molecule has 21 heavy (non-hydrogen) atoms. The van der Waals surface area contributed by atoms with Gasteiger partial charge < -0.3 is 8.98 Å². The number of carbonyl (C=O) groups is 1. The van der Waals surface area contributed by atoms with E-state index < -0.39 is 0 Å². The van der Waals surface area contributed by atoms with E-state index in [1.54, 1.807) is 12.3 Å². The Morgan fingerprint density at radius 2 is 2.29 bits per heavy atom. The van der Waals surface area contributed by atoms with E-state index in [0.717, 1.165) is 8.66 Å². The van der Waals surface area contributed by atoms with E-state index in [4.69, 9.17) is 4.42 Å². The van der Waals surface area contributed by atoms with Crippen LogP contribution in [0.5, 0.6) is 0 Å². The molecule has 0 radical (unpaired) electrons. The van der Waals surface area contributed by atoms with E-state index in [1.807, 2.05) is 29.8 Å². The van der Waals surface area contributed by atoms with Crippen molar-refractivity contribution in [1.29, 1.82) is 0 Å². The molecule has 3 heterocycles. The average Bonchev–Trinajstić information content (AvgIpc) is 3.17. The molecular formula is C13H10BrN3O2S2. The first kappa shape index (κ1) is 14.6. The Balaban J connectivity index is 1.70. The summed E-state index contributed by atoms with van der Waals surface area (Å²) in [4.78, 5) is 12.8. The molecule has 0 fully saturated rings. The zero-order chi connectivity index (χ0) is 14.8. The van der Waals surface area contributed by atoms with Crippen LogP contribution in [0.25, 0.3) is 11.6 Å². The zero-order valence-corrected chi connectivity index (χ0v) is 14.2. The normalized spacial score (nSPS) is 11.0. The minimum absolute atomic E-state index is 0.0817. The number of halogens is 1. The van der Waals surface area contributed by atoms with E-state index in [9.17, 15) is 4.79 Å². The number of furan rings is 1. The summed E-state index contributed by atoms with van der Waals surface area (Å²) < 4.78 is 8.08. The Labute approximate surface area is 137 Å². The lowest BCUT2D eigenvalue weighted by Crippen LogP contribution is -2.01. The summed E-state index contributed by atoms with van der Waals surface area (Å²) in [5.74, 6) is 1.72. The summed E-state index contributed by atoms with van der Waals surface area (Å²) in [5.41, 5.74) is 0. The van der Waals surface area contributed by atoms with Crippen LogP contribution < -0.4 is 0 Å². The summed E-state index contributed by atoms with van der Waals surface area (Å²) >= 11 is 6.16. The highest BCUT2D eigenvalue weighted by Gasteiger charge is 2.15. The molecule has 108 valence electrons. The van der Waals surface area contributed by atoms with Crippen molar-refractivity contribution >= 4 is 44.8 Å². The van der Waals surface area contributed by atoms with Gasteiger partial charge in [0.05, 0.1) is 20.7 Å². The van der Waals surface area contributed by atoms with Crippen LogP contribution >= 0.6 is 39.0 Å². The van der Waals surface area contributed by atoms with E-state index in [-0.39, 0.29) is 5.78 Å². The Hall–Kier alpha value is -1.38. The predicted octanol–water partition coefficient (Wildman–Crippen LogP) is 3.87. The number of thiophene rings is 1. The van der Waals surface area contributed by atoms with Gasteiger partial charge >= 0.3 is 0 Å². The van der Waals surface area contributed by atoms with Gasteiger partial charge in [0, 0.05) is 7.05 Å². The van der Waals surface area contributed by atoms with Gasteiger partial charge in [-0.15, -0.1) is 21.5 Å². The van der Waals surface area contributed by atoms with Crippen LogP contribution in [0.4, 0.5) is 0 Å². The number of hydrogen-bond donors (Lipinski definition) is 0. The highest BCUT2D eigenvalue weighted by atomic mass is 79.9. The van der Waals surface area contributed by atoms with E-state index in [2.05, 4.69) is 26.1 Å². The fourth-order valence-corrected chi connectivity index (χ4v) is 3.94. The largest absolute Gasteiger partial charge is 0.461 e. The lowest BCUT2D eigenvalue weighted by molar-refractivity contribution is 0.102. The van der Waals surface area contributed by atoms with Crippen LogP contribution in [0.15, 0.2) is 43.9 Å². The second-order valence-corrected chi connectivity index (χ2v) is 7.56. The number of hydrogen-bond acceptors (Lipinski definition) is 6. The number of Topliss-reactive ketones (excluding diaryl/α,β-unsaturated/α-hetero) is 1. The maximum atomic E-state index is 12.1. The predicted molar refractivity (Wildman–Crippen MR) is 85.8 cm³/mol. The quantitative estimate of drug-likeness (QED) is 0.494. The number of thioether (sulfide) groups is 1. The fourth-order valence-electron chi connectivity index (χ4n) is 1.73. The van der Waals surface area contributed by atoms with Crippen molar-refractivity contribution in [3.05, 3.63) is 39.2 Å². The third-order valence-corrected chi connectivity index (χ3v) is 5.44. The van der Waals surface area contributed by atoms with Crippen LogP contribution in [-0.2, 0) is 7.05 Å². The van der Waals surface area contributed by atoms with Crippen LogP contribution in [0.3, 0.4) is 0 Å². The van der Waals surface area contributed by atoms with Gasteiger partial charge in [-0.25, -0.2) is 0 Å². The molecule has 0 saturated carbocycles. The molecule has 0 aromatic carbocycles. The molecular weight excluding hydrogens is 374 g/mol.